The van der Waals surface area contributed by atoms with Crippen LogP contribution in [0.25, 0.3) is 16.6 Å². The molecule has 4 nitrogen and oxygen atoms in total. The lowest BCUT2D eigenvalue weighted by Gasteiger charge is -2.16. The smallest absolute Gasteiger partial charge is 0.343 e. The van der Waals surface area contributed by atoms with Crippen LogP contribution in [-0.2, 0) is 10.1 Å². The van der Waals surface area contributed by atoms with E-state index in [1.807, 2.05) is 6.07 Å². The number of hydrogen-bond acceptors (Lipinski definition) is 3. The normalized spacial score (nSPS) is 13.7. The molecule has 0 radical (unpaired) electrons. The Hall–Kier alpha value is -2.40. The van der Waals surface area contributed by atoms with Crippen molar-refractivity contribution in [2.75, 3.05) is 6.61 Å². The van der Waals surface area contributed by atoms with Gasteiger partial charge in [0, 0.05) is 11.5 Å². The van der Waals surface area contributed by atoms with Gasteiger partial charge in [0.25, 0.3) is 5.56 Å². The molecule has 0 atom stereocenters. The first-order valence-corrected chi connectivity index (χ1v) is 10.7. The molecule has 1 saturated carbocycles. The van der Waals surface area contributed by atoms with Gasteiger partial charge in [0.05, 0.1) is 12.1 Å². The number of alkyl halides is 1. The molecule has 3 aromatic rings. The lowest BCUT2D eigenvalue weighted by atomic mass is 9.96. The predicted molar refractivity (Wildman–Crippen MR) is 114 cm³/mol. The van der Waals surface area contributed by atoms with E-state index in [9.17, 15) is 9.59 Å². The number of fused-ring (bicyclic) bond motifs is 1. The van der Waals surface area contributed by atoms with Crippen molar-refractivity contribution >= 4 is 27.4 Å². The van der Waals surface area contributed by atoms with Gasteiger partial charge in [-0.3, -0.25) is 9.20 Å². The number of nitrogens with zero attached hydrogens (tertiary/aromatic N) is 1. The predicted octanol–water partition coefficient (Wildman–Crippen LogP) is 5.22. The number of esters is 1. The third-order valence-corrected chi connectivity index (χ3v) is 5.99. The van der Waals surface area contributed by atoms with Gasteiger partial charge in [-0.15, -0.1) is 0 Å². The molecular formula is C23H22BrNO3. The summed E-state index contributed by atoms with van der Waals surface area (Å²) >= 11 is 3.48. The fraction of sp³-hybridized carbons (Fsp3) is 0.304. The van der Waals surface area contributed by atoms with Gasteiger partial charge in [-0.1, -0.05) is 40.2 Å². The number of aryl methyl sites for hydroxylation is 1. The molecule has 5 heteroatoms. The van der Waals surface area contributed by atoms with E-state index in [1.165, 1.54) is 5.56 Å². The lowest BCUT2D eigenvalue weighted by molar-refractivity contribution is 0.0524. The first-order valence-electron chi connectivity index (χ1n) is 9.56. The van der Waals surface area contributed by atoms with Crippen LogP contribution >= 0.6 is 15.9 Å². The number of ether oxygens (including phenoxy) is 1. The minimum atomic E-state index is -0.545. The van der Waals surface area contributed by atoms with Crippen LogP contribution in [-0.4, -0.2) is 17.0 Å². The van der Waals surface area contributed by atoms with Crippen molar-refractivity contribution in [1.29, 1.82) is 0 Å². The molecule has 0 N–H and O–H groups in total. The van der Waals surface area contributed by atoms with E-state index in [-0.39, 0.29) is 17.7 Å². The number of aromatic nitrogens is 1. The standard InChI is InChI=1S/C23H22BrNO3/c1-3-28-23(27)20-12-19(17-8-9-17)21-14(2)18(10-11-25(21)22(20)26)16-6-4-15(13-24)5-7-16/h4-7,10-12,17H,3,8-9,13H2,1-2H3. The van der Waals surface area contributed by atoms with Gasteiger partial charge in [-0.25, -0.2) is 4.79 Å². The fourth-order valence-corrected chi connectivity index (χ4v) is 4.12. The van der Waals surface area contributed by atoms with E-state index < -0.39 is 5.97 Å². The molecule has 0 saturated heterocycles. The van der Waals surface area contributed by atoms with Gasteiger partial charge >= 0.3 is 5.97 Å². The number of hydrogen-bond donors (Lipinski definition) is 0. The highest BCUT2D eigenvalue weighted by molar-refractivity contribution is 9.08. The van der Waals surface area contributed by atoms with E-state index in [0.29, 0.717) is 5.92 Å². The topological polar surface area (TPSA) is 47.8 Å². The molecule has 0 amide bonds. The summed E-state index contributed by atoms with van der Waals surface area (Å²) in [6.45, 7) is 4.05. The van der Waals surface area contributed by atoms with E-state index in [0.717, 1.165) is 45.9 Å². The van der Waals surface area contributed by atoms with Crippen molar-refractivity contribution in [3.8, 4) is 11.1 Å². The monoisotopic (exact) mass is 439 g/mol. The minimum absolute atomic E-state index is 0.120. The molecular weight excluding hydrogens is 418 g/mol. The number of halogens is 1. The van der Waals surface area contributed by atoms with Crippen LogP contribution in [0.15, 0.2) is 47.4 Å². The van der Waals surface area contributed by atoms with Crippen LogP contribution in [0.2, 0.25) is 0 Å². The molecule has 0 spiro atoms. The van der Waals surface area contributed by atoms with Gasteiger partial charge in [-0.2, -0.15) is 0 Å². The van der Waals surface area contributed by atoms with E-state index in [2.05, 4.69) is 47.1 Å². The Kier molecular flexibility index (Phi) is 5.11. The summed E-state index contributed by atoms with van der Waals surface area (Å²) in [6.07, 6.45) is 3.95. The average Bonchev–Trinajstić information content (AvgIpc) is 3.54. The minimum Gasteiger partial charge on any atom is -0.462 e. The van der Waals surface area contributed by atoms with Gasteiger partial charge in [0.15, 0.2) is 0 Å². The van der Waals surface area contributed by atoms with Crippen LogP contribution in [0.5, 0.6) is 0 Å². The highest BCUT2D eigenvalue weighted by atomic mass is 79.9. The molecule has 1 aliphatic rings. The molecule has 1 aromatic carbocycles. The second kappa shape index (κ2) is 7.55. The Balaban J connectivity index is 1.94. The molecule has 2 heterocycles. The summed E-state index contributed by atoms with van der Waals surface area (Å²) in [5.41, 5.74) is 6.29. The average molecular weight is 440 g/mol. The van der Waals surface area contributed by atoms with E-state index in [1.54, 1.807) is 23.6 Å². The number of pyridine rings is 2. The van der Waals surface area contributed by atoms with Crippen molar-refractivity contribution in [2.45, 2.75) is 37.9 Å². The van der Waals surface area contributed by atoms with Crippen LogP contribution in [0.3, 0.4) is 0 Å². The van der Waals surface area contributed by atoms with Gasteiger partial charge in [0.1, 0.15) is 5.56 Å². The second-order valence-electron chi connectivity index (χ2n) is 7.22. The molecule has 2 aromatic heterocycles. The number of rotatable bonds is 5. The molecule has 1 fully saturated rings. The van der Waals surface area contributed by atoms with Crippen molar-refractivity contribution in [2.24, 2.45) is 0 Å². The maximum absolute atomic E-state index is 13.0. The number of carbonyl (C=O) groups excluding carboxylic acids is 1. The third-order valence-electron chi connectivity index (χ3n) is 5.34. The molecule has 4 rings (SSSR count). The summed E-state index contributed by atoms with van der Waals surface area (Å²) < 4.78 is 6.72. The zero-order chi connectivity index (χ0) is 19.8. The van der Waals surface area contributed by atoms with Crippen molar-refractivity contribution in [1.82, 2.24) is 4.40 Å². The van der Waals surface area contributed by atoms with Crippen molar-refractivity contribution in [3.05, 3.63) is 75.2 Å². The van der Waals surface area contributed by atoms with E-state index >= 15 is 0 Å². The summed E-state index contributed by atoms with van der Waals surface area (Å²) in [6, 6.07) is 12.1. The second-order valence-corrected chi connectivity index (χ2v) is 7.78. The molecule has 28 heavy (non-hydrogen) atoms. The fourth-order valence-electron chi connectivity index (χ4n) is 3.74. The quantitative estimate of drug-likeness (QED) is 0.404. The first-order chi connectivity index (χ1) is 13.5. The Morgan fingerprint density at radius 1 is 1.21 bits per heavy atom. The molecule has 0 unspecified atom stereocenters. The highest BCUT2D eigenvalue weighted by Gasteiger charge is 2.29. The Morgan fingerprint density at radius 3 is 2.54 bits per heavy atom. The first kappa shape index (κ1) is 18.9. The Bertz CT molecular complexity index is 1110. The molecule has 1 aliphatic carbocycles. The summed E-state index contributed by atoms with van der Waals surface area (Å²) in [5, 5.41) is 0.821. The summed E-state index contributed by atoms with van der Waals surface area (Å²) in [4.78, 5) is 25.3. The molecule has 144 valence electrons. The maximum atomic E-state index is 13.0. The molecule has 0 aliphatic heterocycles. The summed E-state index contributed by atoms with van der Waals surface area (Å²) in [5.74, 6) is -0.149. The largest absolute Gasteiger partial charge is 0.462 e. The zero-order valence-corrected chi connectivity index (χ0v) is 17.6. The van der Waals surface area contributed by atoms with Gasteiger partial charge < -0.3 is 4.74 Å². The van der Waals surface area contributed by atoms with Gasteiger partial charge in [-0.05, 0) is 72.6 Å². The Labute approximate surface area is 172 Å². The maximum Gasteiger partial charge on any atom is 0.343 e. The van der Waals surface area contributed by atoms with Crippen LogP contribution in [0.1, 0.15) is 52.7 Å². The van der Waals surface area contributed by atoms with Crippen LogP contribution in [0.4, 0.5) is 0 Å². The number of carbonyl (C=O) groups is 1. The number of benzene rings is 1. The van der Waals surface area contributed by atoms with Crippen LogP contribution < -0.4 is 5.56 Å². The highest BCUT2D eigenvalue weighted by Crippen LogP contribution is 2.43. The van der Waals surface area contributed by atoms with E-state index in [4.69, 9.17) is 4.74 Å². The summed E-state index contributed by atoms with van der Waals surface area (Å²) in [7, 11) is 0. The lowest BCUT2D eigenvalue weighted by Crippen LogP contribution is -2.25. The Morgan fingerprint density at radius 2 is 1.93 bits per heavy atom. The van der Waals surface area contributed by atoms with Crippen molar-refractivity contribution in [3.63, 3.8) is 0 Å². The zero-order valence-electron chi connectivity index (χ0n) is 16.0. The van der Waals surface area contributed by atoms with Crippen molar-refractivity contribution < 1.29 is 9.53 Å². The molecule has 0 bridgehead atoms. The van der Waals surface area contributed by atoms with Gasteiger partial charge in [0.2, 0.25) is 0 Å². The third kappa shape index (κ3) is 3.28. The SMILES string of the molecule is CCOC(=O)c1cc(C2CC2)c2c(C)c(-c3ccc(CBr)cc3)ccn2c1=O. The van der Waals surface area contributed by atoms with Crippen LogP contribution in [0, 0.1) is 6.92 Å².